The molecule has 3 nitrogen and oxygen atoms in total. The molecule has 0 aliphatic carbocycles. The third-order valence-corrected chi connectivity index (χ3v) is 4.56. The topological polar surface area (TPSA) is 31.4 Å². The summed E-state index contributed by atoms with van der Waals surface area (Å²) >= 11 is 0. The number of pyridine rings is 1. The van der Waals surface area contributed by atoms with Gasteiger partial charge >= 0.3 is 0 Å². The average molecular weight is 356 g/mol. The van der Waals surface area contributed by atoms with E-state index in [9.17, 15) is 0 Å². The summed E-state index contributed by atoms with van der Waals surface area (Å²) in [5.74, 6) is 1.57. The van der Waals surface area contributed by atoms with Crippen molar-refractivity contribution in [1.29, 1.82) is 0 Å². The first-order valence-electron chi connectivity index (χ1n) is 8.24. The summed E-state index contributed by atoms with van der Waals surface area (Å²) in [5, 5.41) is 1.11. The van der Waals surface area contributed by atoms with Gasteiger partial charge < -0.3 is 9.47 Å². The standard InChI is InChI=1S/C21H21NO2.ClH/c1-13-9-17(14-5-7-15(8-6-14)21(2,3)4)22-18-11-20-19(10-16(13)18)23-12-24-20;/h5-11H,12H2,1-4H3;1H. The smallest absolute Gasteiger partial charge is 0.231 e. The second-order valence-electron chi connectivity index (χ2n) is 7.37. The van der Waals surface area contributed by atoms with E-state index < -0.39 is 0 Å². The maximum Gasteiger partial charge on any atom is 0.231 e. The Morgan fingerprint density at radius 3 is 2.20 bits per heavy atom. The Morgan fingerprint density at radius 2 is 1.56 bits per heavy atom. The van der Waals surface area contributed by atoms with Crippen molar-refractivity contribution in [1.82, 2.24) is 4.98 Å². The molecule has 0 saturated carbocycles. The van der Waals surface area contributed by atoms with Crippen molar-refractivity contribution in [2.24, 2.45) is 0 Å². The van der Waals surface area contributed by atoms with Crippen molar-refractivity contribution < 1.29 is 9.47 Å². The largest absolute Gasteiger partial charge is 0.454 e. The van der Waals surface area contributed by atoms with Crippen LogP contribution in [-0.2, 0) is 5.41 Å². The summed E-state index contributed by atoms with van der Waals surface area (Å²) in [7, 11) is 0. The van der Waals surface area contributed by atoms with Crippen LogP contribution < -0.4 is 9.47 Å². The molecule has 1 aliphatic heterocycles. The number of fused-ring (bicyclic) bond motifs is 2. The van der Waals surface area contributed by atoms with E-state index in [-0.39, 0.29) is 24.6 Å². The maximum absolute atomic E-state index is 5.48. The first-order chi connectivity index (χ1) is 11.4. The molecule has 4 heteroatoms. The van der Waals surface area contributed by atoms with Crippen LogP contribution in [0, 0.1) is 6.92 Å². The number of hydrogen-bond acceptors (Lipinski definition) is 3. The molecule has 1 aromatic heterocycles. The predicted octanol–water partition coefficient (Wildman–Crippen LogP) is 5.66. The minimum Gasteiger partial charge on any atom is -0.454 e. The van der Waals surface area contributed by atoms with Gasteiger partial charge in [-0.25, -0.2) is 4.98 Å². The van der Waals surface area contributed by atoms with Crippen LogP contribution in [0.4, 0.5) is 0 Å². The van der Waals surface area contributed by atoms with E-state index in [0.29, 0.717) is 0 Å². The molecule has 0 fully saturated rings. The Kier molecular flexibility index (Phi) is 4.38. The van der Waals surface area contributed by atoms with Gasteiger partial charge in [-0.3, -0.25) is 0 Å². The Labute approximate surface area is 154 Å². The molecular formula is C21H22ClNO2. The molecule has 25 heavy (non-hydrogen) atoms. The van der Waals surface area contributed by atoms with Gasteiger partial charge in [0.25, 0.3) is 0 Å². The Balaban J connectivity index is 0.00000182. The van der Waals surface area contributed by atoms with Crippen LogP contribution in [0.1, 0.15) is 31.9 Å². The van der Waals surface area contributed by atoms with Crippen LogP contribution in [0.3, 0.4) is 0 Å². The number of aromatic nitrogens is 1. The lowest BCUT2D eigenvalue weighted by Gasteiger charge is -2.19. The zero-order chi connectivity index (χ0) is 16.9. The van der Waals surface area contributed by atoms with Crippen LogP contribution in [0.15, 0.2) is 42.5 Å². The highest BCUT2D eigenvalue weighted by Gasteiger charge is 2.17. The van der Waals surface area contributed by atoms with Crippen molar-refractivity contribution in [2.45, 2.75) is 33.1 Å². The Morgan fingerprint density at radius 1 is 0.920 bits per heavy atom. The highest BCUT2D eigenvalue weighted by Crippen LogP contribution is 2.37. The number of rotatable bonds is 1. The lowest BCUT2D eigenvalue weighted by atomic mass is 9.86. The fourth-order valence-electron chi connectivity index (χ4n) is 3.07. The van der Waals surface area contributed by atoms with Crippen molar-refractivity contribution in [3.8, 4) is 22.8 Å². The Hall–Kier alpha value is -2.26. The average Bonchev–Trinajstić information content (AvgIpc) is 3.00. The summed E-state index contributed by atoms with van der Waals surface area (Å²) in [6.07, 6.45) is 0. The van der Waals surface area contributed by atoms with E-state index in [2.05, 4.69) is 58.0 Å². The van der Waals surface area contributed by atoms with Crippen molar-refractivity contribution in [3.63, 3.8) is 0 Å². The zero-order valence-electron chi connectivity index (χ0n) is 14.9. The van der Waals surface area contributed by atoms with Crippen LogP contribution in [-0.4, -0.2) is 11.8 Å². The quantitative estimate of drug-likeness (QED) is 0.564. The number of aryl methyl sites for hydroxylation is 1. The monoisotopic (exact) mass is 355 g/mol. The van der Waals surface area contributed by atoms with Crippen LogP contribution in [0.5, 0.6) is 11.5 Å². The van der Waals surface area contributed by atoms with Crippen molar-refractivity contribution in [3.05, 3.63) is 53.6 Å². The second-order valence-corrected chi connectivity index (χ2v) is 7.37. The minimum atomic E-state index is 0. The molecule has 2 aromatic carbocycles. The molecule has 2 heterocycles. The molecule has 0 bridgehead atoms. The van der Waals surface area contributed by atoms with Gasteiger partial charge in [0, 0.05) is 17.0 Å². The van der Waals surface area contributed by atoms with E-state index in [4.69, 9.17) is 14.5 Å². The summed E-state index contributed by atoms with van der Waals surface area (Å²) < 4.78 is 11.0. The number of halogens is 1. The van der Waals surface area contributed by atoms with E-state index in [1.807, 2.05) is 12.1 Å². The summed E-state index contributed by atoms with van der Waals surface area (Å²) in [6.45, 7) is 9.07. The molecule has 0 saturated heterocycles. The second kappa shape index (κ2) is 6.23. The van der Waals surface area contributed by atoms with Gasteiger partial charge in [-0.1, -0.05) is 45.0 Å². The van der Waals surface area contributed by atoms with Crippen molar-refractivity contribution >= 4 is 23.3 Å². The minimum absolute atomic E-state index is 0. The van der Waals surface area contributed by atoms with E-state index >= 15 is 0 Å². The number of benzene rings is 2. The molecular weight excluding hydrogens is 334 g/mol. The van der Waals surface area contributed by atoms with Gasteiger partial charge in [-0.2, -0.15) is 0 Å². The summed E-state index contributed by atoms with van der Waals surface area (Å²) in [6, 6.07) is 14.8. The predicted molar refractivity (Wildman–Crippen MR) is 104 cm³/mol. The lowest BCUT2D eigenvalue weighted by molar-refractivity contribution is 0.174. The highest BCUT2D eigenvalue weighted by molar-refractivity contribution is 5.88. The number of ether oxygens (including phenoxy) is 2. The number of nitrogens with zero attached hydrogens (tertiary/aromatic N) is 1. The van der Waals surface area contributed by atoms with E-state index in [1.165, 1.54) is 11.1 Å². The molecule has 0 amide bonds. The Bertz CT molecular complexity index is 927. The molecule has 0 radical (unpaired) electrons. The normalized spacial score (nSPS) is 13.0. The van der Waals surface area contributed by atoms with E-state index in [0.717, 1.165) is 33.7 Å². The third kappa shape index (κ3) is 3.16. The van der Waals surface area contributed by atoms with Crippen molar-refractivity contribution in [2.75, 3.05) is 6.79 Å². The van der Waals surface area contributed by atoms with Crippen LogP contribution in [0.25, 0.3) is 22.2 Å². The first-order valence-corrected chi connectivity index (χ1v) is 8.24. The molecule has 3 aromatic rings. The third-order valence-electron chi connectivity index (χ3n) is 4.56. The van der Waals surface area contributed by atoms with Crippen LogP contribution in [0.2, 0.25) is 0 Å². The molecule has 0 atom stereocenters. The molecule has 4 rings (SSSR count). The van der Waals surface area contributed by atoms with Gasteiger partial charge in [-0.05, 0) is 35.6 Å². The van der Waals surface area contributed by atoms with Crippen LogP contribution >= 0.6 is 12.4 Å². The van der Waals surface area contributed by atoms with Gasteiger partial charge in [0.15, 0.2) is 11.5 Å². The first kappa shape index (κ1) is 17.6. The molecule has 1 aliphatic rings. The molecule has 0 unspecified atom stereocenters. The van der Waals surface area contributed by atoms with E-state index in [1.54, 1.807) is 0 Å². The SMILES string of the molecule is Cc1cc(-c2ccc(C(C)(C)C)cc2)nc2cc3c(cc12)OCO3.Cl. The van der Waals surface area contributed by atoms with Gasteiger partial charge in [0.05, 0.1) is 11.2 Å². The maximum atomic E-state index is 5.48. The zero-order valence-corrected chi connectivity index (χ0v) is 15.7. The lowest BCUT2D eigenvalue weighted by Crippen LogP contribution is -2.10. The number of hydrogen-bond donors (Lipinski definition) is 0. The fourth-order valence-corrected chi connectivity index (χ4v) is 3.07. The molecule has 0 spiro atoms. The fraction of sp³-hybridized carbons (Fsp3) is 0.286. The van der Waals surface area contributed by atoms with Gasteiger partial charge in [0.2, 0.25) is 6.79 Å². The summed E-state index contributed by atoms with van der Waals surface area (Å²) in [4.78, 5) is 4.84. The van der Waals surface area contributed by atoms with Gasteiger partial charge in [-0.15, -0.1) is 12.4 Å². The molecule has 0 N–H and O–H groups in total. The van der Waals surface area contributed by atoms with Gasteiger partial charge in [0.1, 0.15) is 0 Å². The highest BCUT2D eigenvalue weighted by atomic mass is 35.5. The molecule has 130 valence electrons. The summed E-state index contributed by atoms with van der Waals surface area (Å²) in [5.41, 5.74) is 5.72.